The topological polar surface area (TPSA) is 70.1 Å². The molecule has 178 valence electrons. The SMILES string of the molecule is C[C@@H]1Cc2cc(/C(O)=C3\C(=O)C(=O)N(Cc4ccccc4)[C@@H]3c3ccc(N(C)C)cc3)ccc2O1. The van der Waals surface area contributed by atoms with E-state index in [0.717, 1.165) is 34.5 Å². The summed E-state index contributed by atoms with van der Waals surface area (Å²) in [4.78, 5) is 30.1. The van der Waals surface area contributed by atoms with Crippen molar-refractivity contribution in [2.45, 2.75) is 32.0 Å². The predicted octanol–water partition coefficient (Wildman–Crippen LogP) is 4.70. The third-order valence-electron chi connectivity index (χ3n) is 6.63. The number of carbonyl (C=O) groups is 2. The fourth-order valence-electron chi connectivity index (χ4n) is 4.85. The molecule has 0 bridgehead atoms. The van der Waals surface area contributed by atoms with Gasteiger partial charge in [-0.25, -0.2) is 0 Å². The molecule has 6 heteroatoms. The molecule has 0 saturated carbocycles. The number of ketones is 1. The number of amides is 1. The first kappa shape index (κ1) is 22.7. The molecule has 0 aliphatic carbocycles. The highest BCUT2D eigenvalue weighted by atomic mass is 16.5. The normalized spacial score (nSPS) is 20.6. The Morgan fingerprint density at radius 2 is 1.74 bits per heavy atom. The summed E-state index contributed by atoms with van der Waals surface area (Å²) in [5.74, 6) is -0.669. The van der Waals surface area contributed by atoms with Gasteiger partial charge in [-0.3, -0.25) is 9.59 Å². The van der Waals surface area contributed by atoms with Gasteiger partial charge in [-0.1, -0.05) is 42.5 Å². The number of ether oxygens (including phenoxy) is 1. The van der Waals surface area contributed by atoms with Crippen molar-refractivity contribution in [3.8, 4) is 5.75 Å². The number of nitrogens with zero attached hydrogens (tertiary/aromatic N) is 2. The lowest BCUT2D eigenvalue weighted by Crippen LogP contribution is -2.29. The molecule has 35 heavy (non-hydrogen) atoms. The van der Waals surface area contributed by atoms with Gasteiger partial charge in [0.1, 0.15) is 17.6 Å². The van der Waals surface area contributed by atoms with Gasteiger partial charge < -0.3 is 19.6 Å². The molecule has 0 radical (unpaired) electrons. The standard InChI is InChI=1S/C29H28N2O4/c1-18-15-22-16-21(11-14-24(22)35-18)27(32)25-26(20-9-12-23(13-10-20)30(2)3)31(29(34)28(25)33)17-19-7-5-4-6-8-19/h4-14,16,18,26,32H,15,17H2,1-3H3/b27-25+/t18-,26-/m1/s1. The number of carbonyl (C=O) groups excluding carboxylic acids is 2. The lowest BCUT2D eigenvalue weighted by atomic mass is 9.94. The highest BCUT2D eigenvalue weighted by Crippen LogP contribution is 2.41. The molecule has 2 aliphatic heterocycles. The molecular weight excluding hydrogens is 440 g/mol. The fourth-order valence-corrected chi connectivity index (χ4v) is 4.85. The first-order valence-electron chi connectivity index (χ1n) is 11.7. The molecule has 5 rings (SSSR count). The van der Waals surface area contributed by atoms with Crippen LogP contribution in [0, 0.1) is 0 Å². The van der Waals surface area contributed by atoms with Crippen molar-refractivity contribution in [3.63, 3.8) is 0 Å². The number of Topliss-reactive ketones (excluding diaryl/α,β-unsaturated/α-hetero) is 1. The molecule has 1 saturated heterocycles. The molecule has 1 fully saturated rings. The van der Waals surface area contributed by atoms with Crippen molar-refractivity contribution in [1.29, 1.82) is 0 Å². The van der Waals surface area contributed by atoms with E-state index >= 15 is 0 Å². The second-order valence-corrected chi connectivity index (χ2v) is 9.35. The minimum Gasteiger partial charge on any atom is -0.507 e. The summed E-state index contributed by atoms with van der Waals surface area (Å²) in [6.07, 6.45) is 0.794. The Bertz CT molecular complexity index is 1310. The molecule has 2 heterocycles. The first-order chi connectivity index (χ1) is 16.8. The van der Waals surface area contributed by atoms with Gasteiger partial charge in [-0.05, 0) is 53.9 Å². The summed E-state index contributed by atoms with van der Waals surface area (Å²) in [5, 5.41) is 11.4. The number of rotatable bonds is 5. The van der Waals surface area contributed by atoms with Crippen LogP contribution in [0.25, 0.3) is 5.76 Å². The average Bonchev–Trinajstić information content (AvgIpc) is 3.35. The second kappa shape index (κ2) is 8.95. The Labute approximate surface area is 205 Å². The molecule has 1 N–H and O–H groups in total. The van der Waals surface area contributed by atoms with E-state index in [0.29, 0.717) is 5.56 Å². The van der Waals surface area contributed by atoms with Gasteiger partial charge >= 0.3 is 0 Å². The number of hydrogen-bond acceptors (Lipinski definition) is 5. The van der Waals surface area contributed by atoms with E-state index in [2.05, 4.69) is 0 Å². The molecule has 2 aliphatic rings. The van der Waals surface area contributed by atoms with Crippen molar-refractivity contribution in [2.24, 2.45) is 0 Å². The van der Waals surface area contributed by atoms with Crippen LogP contribution in [0.3, 0.4) is 0 Å². The predicted molar refractivity (Wildman–Crippen MR) is 135 cm³/mol. The van der Waals surface area contributed by atoms with Crippen LogP contribution >= 0.6 is 0 Å². The summed E-state index contributed by atoms with van der Waals surface area (Å²) in [5.41, 5.74) is 4.27. The molecule has 6 nitrogen and oxygen atoms in total. The first-order valence-corrected chi connectivity index (χ1v) is 11.7. The van der Waals surface area contributed by atoms with Crippen LogP contribution in [-0.2, 0) is 22.6 Å². The summed E-state index contributed by atoms with van der Waals surface area (Å²) >= 11 is 0. The van der Waals surface area contributed by atoms with Crippen molar-refractivity contribution in [2.75, 3.05) is 19.0 Å². The Kier molecular flexibility index (Phi) is 5.81. The zero-order valence-electron chi connectivity index (χ0n) is 20.1. The minimum atomic E-state index is -0.699. The maximum absolute atomic E-state index is 13.3. The Balaban J connectivity index is 1.62. The van der Waals surface area contributed by atoms with E-state index in [4.69, 9.17) is 4.74 Å². The molecule has 2 atom stereocenters. The zero-order valence-corrected chi connectivity index (χ0v) is 20.1. The number of fused-ring (bicyclic) bond motifs is 1. The van der Waals surface area contributed by atoms with Gasteiger partial charge in [0.2, 0.25) is 0 Å². The Morgan fingerprint density at radius 3 is 2.43 bits per heavy atom. The zero-order chi connectivity index (χ0) is 24.7. The van der Waals surface area contributed by atoms with Crippen molar-refractivity contribution in [1.82, 2.24) is 4.90 Å². The third kappa shape index (κ3) is 4.16. The van der Waals surface area contributed by atoms with E-state index in [1.807, 2.05) is 92.6 Å². The highest BCUT2D eigenvalue weighted by Gasteiger charge is 2.46. The molecule has 3 aromatic rings. The lowest BCUT2D eigenvalue weighted by molar-refractivity contribution is -0.140. The molecule has 0 unspecified atom stereocenters. The van der Waals surface area contributed by atoms with Crippen molar-refractivity contribution < 1.29 is 19.4 Å². The van der Waals surface area contributed by atoms with Gasteiger partial charge in [0.15, 0.2) is 0 Å². The summed E-state index contributed by atoms with van der Waals surface area (Å²) in [7, 11) is 3.91. The van der Waals surface area contributed by atoms with Crippen LogP contribution in [0.5, 0.6) is 5.75 Å². The third-order valence-corrected chi connectivity index (χ3v) is 6.63. The number of aliphatic hydroxyl groups excluding tert-OH is 1. The van der Waals surface area contributed by atoms with Crippen LogP contribution in [0.1, 0.15) is 35.2 Å². The van der Waals surface area contributed by atoms with Gasteiger partial charge in [-0.2, -0.15) is 0 Å². The van der Waals surface area contributed by atoms with E-state index in [1.165, 1.54) is 0 Å². The summed E-state index contributed by atoms with van der Waals surface area (Å²) < 4.78 is 5.78. The van der Waals surface area contributed by atoms with E-state index < -0.39 is 17.7 Å². The van der Waals surface area contributed by atoms with E-state index in [-0.39, 0.29) is 24.0 Å². The second-order valence-electron chi connectivity index (χ2n) is 9.35. The Morgan fingerprint density at radius 1 is 1.03 bits per heavy atom. The molecule has 1 amide bonds. The number of anilines is 1. The van der Waals surface area contributed by atoms with E-state index in [1.54, 1.807) is 11.0 Å². The van der Waals surface area contributed by atoms with Crippen LogP contribution in [0.2, 0.25) is 0 Å². The maximum atomic E-state index is 13.3. The number of likely N-dealkylation sites (tertiary alicyclic amines) is 1. The van der Waals surface area contributed by atoms with E-state index in [9.17, 15) is 14.7 Å². The summed E-state index contributed by atoms with van der Waals surface area (Å²) in [6.45, 7) is 2.25. The molecular formula is C29H28N2O4. The molecule has 3 aromatic carbocycles. The molecule has 0 aromatic heterocycles. The summed E-state index contributed by atoms with van der Waals surface area (Å²) in [6, 6.07) is 22.0. The van der Waals surface area contributed by atoms with Crippen molar-refractivity contribution >= 4 is 23.1 Å². The number of benzene rings is 3. The molecule has 0 spiro atoms. The smallest absolute Gasteiger partial charge is 0.295 e. The average molecular weight is 469 g/mol. The Hall–Kier alpha value is -4.06. The van der Waals surface area contributed by atoms with Crippen LogP contribution in [0.15, 0.2) is 78.4 Å². The van der Waals surface area contributed by atoms with Crippen LogP contribution in [0.4, 0.5) is 5.69 Å². The highest BCUT2D eigenvalue weighted by molar-refractivity contribution is 6.46. The minimum absolute atomic E-state index is 0.0639. The van der Waals surface area contributed by atoms with Gasteiger partial charge in [-0.15, -0.1) is 0 Å². The fraction of sp³-hybridized carbons (Fsp3) is 0.241. The quantitative estimate of drug-likeness (QED) is 0.334. The lowest BCUT2D eigenvalue weighted by Gasteiger charge is -2.26. The van der Waals surface area contributed by atoms with Gasteiger partial charge in [0, 0.05) is 38.3 Å². The van der Waals surface area contributed by atoms with Crippen LogP contribution < -0.4 is 9.64 Å². The number of aliphatic hydroxyl groups is 1. The largest absolute Gasteiger partial charge is 0.507 e. The van der Waals surface area contributed by atoms with Crippen LogP contribution in [-0.4, -0.2) is 41.9 Å². The van der Waals surface area contributed by atoms with Gasteiger partial charge in [0.05, 0.1) is 11.6 Å². The van der Waals surface area contributed by atoms with Crippen molar-refractivity contribution in [3.05, 3.63) is 101 Å². The number of hydrogen-bond donors (Lipinski definition) is 1. The maximum Gasteiger partial charge on any atom is 0.295 e. The monoisotopic (exact) mass is 468 g/mol. The van der Waals surface area contributed by atoms with Gasteiger partial charge in [0.25, 0.3) is 11.7 Å².